The van der Waals surface area contributed by atoms with E-state index >= 15 is 0 Å². The van der Waals surface area contributed by atoms with Gasteiger partial charge in [0.25, 0.3) is 0 Å². The topological polar surface area (TPSA) is 47.3 Å². The van der Waals surface area contributed by atoms with Gasteiger partial charge in [-0.25, -0.2) is 0 Å². The van der Waals surface area contributed by atoms with E-state index in [-0.39, 0.29) is 5.60 Å². The maximum Gasteiger partial charge on any atom is 0.133 e. The summed E-state index contributed by atoms with van der Waals surface area (Å²) in [5, 5.41) is 7.20. The molecule has 0 fully saturated rings. The van der Waals surface area contributed by atoms with E-state index in [1.54, 1.807) is 7.11 Å². The van der Waals surface area contributed by atoms with Crippen molar-refractivity contribution >= 4 is 0 Å². The first-order valence-electron chi connectivity index (χ1n) is 5.21. The molecule has 0 unspecified atom stereocenters. The first-order chi connectivity index (χ1) is 7.03. The average molecular weight is 212 g/mol. The van der Waals surface area contributed by atoms with E-state index in [0.717, 1.165) is 31.0 Å². The van der Waals surface area contributed by atoms with Crippen molar-refractivity contribution in [1.29, 1.82) is 0 Å². The van der Waals surface area contributed by atoms with Crippen LogP contribution in [0.5, 0.6) is 0 Å². The van der Waals surface area contributed by atoms with Crippen LogP contribution in [-0.4, -0.2) is 24.4 Å². The van der Waals surface area contributed by atoms with Gasteiger partial charge in [0.05, 0.1) is 11.3 Å². The minimum Gasteiger partial charge on any atom is -0.379 e. The molecule has 0 saturated heterocycles. The van der Waals surface area contributed by atoms with Gasteiger partial charge in [0.15, 0.2) is 0 Å². The van der Waals surface area contributed by atoms with Crippen LogP contribution >= 0.6 is 0 Å². The number of nitrogens with zero attached hydrogens (tertiary/aromatic N) is 1. The number of rotatable bonds is 6. The Bertz CT molecular complexity index is 295. The number of aryl methyl sites for hydroxylation is 1. The van der Waals surface area contributed by atoms with Gasteiger partial charge < -0.3 is 14.6 Å². The highest BCUT2D eigenvalue weighted by Gasteiger charge is 2.15. The maximum atomic E-state index is 5.32. The third-order valence-corrected chi connectivity index (χ3v) is 2.44. The molecular weight excluding hydrogens is 192 g/mol. The standard InChI is InChI=1S/C11H20N2O2/c1-9-7-10(13-15-9)8-12-6-5-11(2,3)14-4/h7,12H,5-6,8H2,1-4H3. The van der Waals surface area contributed by atoms with Crippen molar-refractivity contribution < 1.29 is 9.26 Å². The summed E-state index contributed by atoms with van der Waals surface area (Å²) >= 11 is 0. The molecule has 0 saturated carbocycles. The number of methoxy groups -OCH3 is 1. The Balaban J connectivity index is 2.17. The van der Waals surface area contributed by atoms with Crippen molar-refractivity contribution in [3.05, 3.63) is 17.5 Å². The van der Waals surface area contributed by atoms with Crippen molar-refractivity contribution in [3.63, 3.8) is 0 Å². The molecule has 4 nitrogen and oxygen atoms in total. The second kappa shape index (κ2) is 5.28. The van der Waals surface area contributed by atoms with Crippen molar-refractivity contribution in [3.8, 4) is 0 Å². The van der Waals surface area contributed by atoms with Gasteiger partial charge in [-0.15, -0.1) is 0 Å². The Morgan fingerprint density at radius 1 is 1.53 bits per heavy atom. The highest BCUT2D eigenvalue weighted by atomic mass is 16.5. The molecule has 0 amide bonds. The van der Waals surface area contributed by atoms with Crippen LogP contribution < -0.4 is 5.32 Å². The van der Waals surface area contributed by atoms with Gasteiger partial charge in [-0.1, -0.05) is 5.16 Å². The van der Waals surface area contributed by atoms with Gasteiger partial charge in [-0.05, 0) is 33.7 Å². The monoisotopic (exact) mass is 212 g/mol. The molecular formula is C11H20N2O2. The van der Waals surface area contributed by atoms with Crippen LogP contribution in [0.1, 0.15) is 31.7 Å². The summed E-state index contributed by atoms with van der Waals surface area (Å²) in [5.74, 6) is 0.851. The summed E-state index contributed by atoms with van der Waals surface area (Å²) in [6.45, 7) is 7.71. The summed E-state index contributed by atoms with van der Waals surface area (Å²) in [6, 6.07) is 1.94. The molecule has 0 aliphatic carbocycles. The zero-order valence-corrected chi connectivity index (χ0v) is 9.96. The fourth-order valence-electron chi connectivity index (χ4n) is 1.21. The lowest BCUT2D eigenvalue weighted by Gasteiger charge is -2.22. The fourth-order valence-corrected chi connectivity index (χ4v) is 1.21. The molecule has 0 aromatic carbocycles. The SMILES string of the molecule is COC(C)(C)CCNCc1cc(C)on1. The van der Waals surface area contributed by atoms with Gasteiger partial charge >= 0.3 is 0 Å². The zero-order chi connectivity index (χ0) is 11.3. The predicted octanol–water partition coefficient (Wildman–Crippen LogP) is 1.89. The smallest absolute Gasteiger partial charge is 0.133 e. The molecule has 1 aromatic heterocycles. The molecule has 0 aliphatic rings. The van der Waals surface area contributed by atoms with Crippen LogP contribution in [0.25, 0.3) is 0 Å². The molecule has 1 rings (SSSR count). The maximum absolute atomic E-state index is 5.32. The molecule has 15 heavy (non-hydrogen) atoms. The number of aromatic nitrogens is 1. The molecule has 0 spiro atoms. The third kappa shape index (κ3) is 4.44. The van der Waals surface area contributed by atoms with Gasteiger partial charge in [0.1, 0.15) is 5.76 Å². The molecule has 1 aromatic rings. The van der Waals surface area contributed by atoms with Crippen molar-refractivity contribution in [2.45, 2.75) is 39.3 Å². The lowest BCUT2D eigenvalue weighted by atomic mass is 10.1. The Labute approximate surface area is 91.0 Å². The summed E-state index contributed by atoms with van der Waals surface area (Å²) in [7, 11) is 1.74. The van der Waals surface area contributed by atoms with E-state index in [0.29, 0.717) is 0 Å². The average Bonchev–Trinajstić information content (AvgIpc) is 2.59. The second-order valence-electron chi connectivity index (χ2n) is 4.32. The Morgan fingerprint density at radius 2 is 2.27 bits per heavy atom. The van der Waals surface area contributed by atoms with Gasteiger partial charge in [-0.3, -0.25) is 0 Å². The predicted molar refractivity (Wildman–Crippen MR) is 58.7 cm³/mol. The molecule has 0 atom stereocenters. The molecule has 86 valence electrons. The summed E-state index contributed by atoms with van der Waals surface area (Å²) < 4.78 is 10.3. The van der Waals surface area contributed by atoms with E-state index in [1.165, 1.54) is 0 Å². The van der Waals surface area contributed by atoms with Crippen LogP contribution in [0.15, 0.2) is 10.6 Å². The van der Waals surface area contributed by atoms with Crippen LogP contribution in [0.2, 0.25) is 0 Å². The first kappa shape index (κ1) is 12.2. The first-order valence-corrected chi connectivity index (χ1v) is 5.21. The summed E-state index contributed by atoms with van der Waals surface area (Å²) in [4.78, 5) is 0. The minimum atomic E-state index is -0.0628. The van der Waals surface area contributed by atoms with Crippen LogP contribution in [-0.2, 0) is 11.3 Å². The number of hydrogen-bond donors (Lipinski definition) is 1. The molecule has 0 aliphatic heterocycles. The molecule has 0 bridgehead atoms. The third-order valence-electron chi connectivity index (χ3n) is 2.44. The van der Waals surface area contributed by atoms with Crippen molar-refractivity contribution in [2.24, 2.45) is 0 Å². The van der Waals surface area contributed by atoms with E-state index in [9.17, 15) is 0 Å². The molecule has 1 heterocycles. The number of nitrogens with one attached hydrogen (secondary N) is 1. The van der Waals surface area contributed by atoms with Crippen LogP contribution in [0.3, 0.4) is 0 Å². The number of hydrogen-bond acceptors (Lipinski definition) is 4. The minimum absolute atomic E-state index is 0.0628. The van der Waals surface area contributed by atoms with Crippen LogP contribution in [0.4, 0.5) is 0 Å². The van der Waals surface area contributed by atoms with Crippen molar-refractivity contribution in [1.82, 2.24) is 10.5 Å². The molecule has 0 radical (unpaired) electrons. The van der Waals surface area contributed by atoms with E-state index in [1.807, 2.05) is 13.0 Å². The van der Waals surface area contributed by atoms with Crippen molar-refractivity contribution in [2.75, 3.05) is 13.7 Å². The second-order valence-corrected chi connectivity index (χ2v) is 4.32. The van der Waals surface area contributed by atoms with Gasteiger partial charge in [-0.2, -0.15) is 0 Å². The zero-order valence-electron chi connectivity index (χ0n) is 9.96. The quantitative estimate of drug-likeness (QED) is 0.731. The highest BCUT2D eigenvalue weighted by Crippen LogP contribution is 2.11. The lowest BCUT2D eigenvalue weighted by Crippen LogP contribution is -2.28. The van der Waals surface area contributed by atoms with Gasteiger partial charge in [0.2, 0.25) is 0 Å². The largest absolute Gasteiger partial charge is 0.379 e. The normalized spacial score (nSPS) is 12.0. The van der Waals surface area contributed by atoms with E-state index in [4.69, 9.17) is 9.26 Å². The summed E-state index contributed by atoms with van der Waals surface area (Å²) in [6.07, 6.45) is 0.973. The lowest BCUT2D eigenvalue weighted by molar-refractivity contribution is 0.0158. The number of ether oxygens (including phenoxy) is 1. The van der Waals surface area contributed by atoms with E-state index in [2.05, 4.69) is 24.3 Å². The van der Waals surface area contributed by atoms with E-state index < -0.39 is 0 Å². The molecule has 1 N–H and O–H groups in total. The molecule has 4 heteroatoms. The Hall–Kier alpha value is -0.870. The van der Waals surface area contributed by atoms with Crippen LogP contribution in [0, 0.1) is 6.92 Å². The fraction of sp³-hybridized carbons (Fsp3) is 0.727. The Kier molecular flexibility index (Phi) is 4.29. The Morgan fingerprint density at radius 3 is 2.80 bits per heavy atom. The van der Waals surface area contributed by atoms with Gasteiger partial charge in [0, 0.05) is 19.7 Å². The summed E-state index contributed by atoms with van der Waals surface area (Å²) in [5.41, 5.74) is 0.884. The highest BCUT2D eigenvalue weighted by molar-refractivity contribution is 5.02.